The number of nitrogens with zero attached hydrogens (tertiary/aromatic N) is 2. The molecule has 1 aliphatic rings. The normalized spacial score (nSPS) is 26.8. The highest BCUT2D eigenvalue weighted by atomic mass is 15.2. The zero-order valence-electron chi connectivity index (χ0n) is 11.4. The molecule has 0 aromatic carbocycles. The van der Waals surface area contributed by atoms with Crippen molar-refractivity contribution in [1.82, 2.24) is 4.90 Å². The van der Waals surface area contributed by atoms with Crippen LogP contribution in [0.3, 0.4) is 0 Å². The van der Waals surface area contributed by atoms with E-state index in [0.29, 0.717) is 24.4 Å². The maximum absolute atomic E-state index is 8.93. The van der Waals surface area contributed by atoms with Gasteiger partial charge in [0.25, 0.3) is 0 Å². The van der Waals surface area contributed by atoms with Gasteiger partial charge in [-0.15, -0.1) is 0 Å². The van der Waals surface area contributed by atoms with E-state index in [1.165, 1.54) is 25.7 Å². The van der Waals surface area contributed by atoms with Crippen molar-refractivity contribution < 1.29 is 0 Å². The van der Waals surface area contributed by atoms with Crippen molar-refractivity contribution in [1.29, 1.82) is 5.26 Å². The molecule has 3 nitrogen and oxygen atoms in total. The Bertz CT molecular complexity index is 246. The number of hydrogen-bond acceptors (Lipinski definition) is 3. The number of rotatable bonds is 6. The van der Waals surface area contributed by atoms with Crippen molar-refractivity contribution in [3.63, 3.8) is 0 Å². The van der Waals surface area contributed by atoms with Gasteiger partial charge in [0.05, 0.1) is 12.5 Å². The smallest absolute Gasteiger partial charge is 0.0638 e. The Morgan fingerprint density at radius 2 is 2.06 bits per heavy atom. The Labute approximate surface area is 106 Å². The lowest BCUT2D eigenvalue weighted by Gasteiger charge is -2.42. The van der Waals surface area contributed by atoms with Crippen LogP contribution in [0.2, 0.25) is 0 Å². The summed E-state index contributed by atoms with van der Waals surface area (Å²) in [5, 5.41) is 8.93. The van der Waals surface area contributed by atoms with Crippen molar-refractivity contribution in [3.8, 4) is 6.07 Å². The molecule has 0 aromatic rings. The van der Waals surface area contributed by atoms with Crippen molar-refractivity contribution in [2.75, 3.05) is 13.1 Å². The van der Waals surface area contributed by atoms with Crippen LogP contribution < -0.4 is 5.73 Å². The van der Waals surface area contributed by atoms with Gasteiger partial charge < -0.3 is 5.73 Å². The van der Waals surface area contributed by atoms with Crippen LogP contribution >= 0.6 is 0 Å². The molecule has 3 atom stereocenters. The third-order valence-corrected chi connectivity index (χ3v) is 4.23. The molecule has 0 spiro atoms. The lowest BCUT2D eigenvalue weighted by molar-refractivity contribution is 0.0699. The lowest BCUT2D eigenvalue weighted by Crippen LogP contribution is -2.49. The summed E-state index contributed by atoms with van der Waals surface area (Å²) < 4.78 is 0. The van der Waals surface area contributed by atoms with Crippen LogP contribution in [-0.2, 0) is 0 Å². The van der Waals surface area contributed by atoms with Gasteiger partial charge in [-0.05, 0) is 38.3 Å². The minimum Gasteiger partial charge on any atom is -0.330 e. The standard InChI is InChI=1S/C14H27N3/c1-3-13(9-10-15)17(4-2)14-8-6-5-7-12(14)11-16/h12-14H,3-9,11,16H2,1-2H3. The zero-order valence-corrected chi connectivity index (χ0v) is 11.4. The molecule has 0 saturated heterocycles. The summed E-state index contributed by atoms with van der Waals surface area (Å²) in [6.07, 6.45) is 6.89. The minimum absolute atomic E-state index is 0.419. The van der Waals surface area contributed by atoms with Crippen LogP contribution in [-0.4, -0.2) is 30.1 Å². The van der Waals surface area contributed by atoms with Gasteiger partial charge in [-0.2, -0.15) is 5.26 Å². The molecule has 1 aliphatic carbocycles. The van der Waals surface area contributed by atoms with Gasteiger partial charge in [0.2, 0.25) is 0 Å². The Morgan fingerprint density at radius 1 is 1.35 bits per heavy atom. The quantitative estimate of drug-likeness (QED) is 0.772. The van der Waals surface area contributed by atoms with Gasteiger partial charge in [-0.25, -0.2) is 0 Å². The Morgan fingerprint density at radius 3 is 2.59 bits per heavy atom. The summed E-state index contributed by atoms with van der Waals surface area (Å²) >= 11 is 0. The highest BCUT2D eigenvalue weighted by Crippen LogP contribution is 2.30. The van der Waals surface area contributed by atoms with E-state index in [4.69, 9.17) is 11.0 Å². The predicted molar refractivity (Wildman–Crippen MR) is 71.5 cm³/mol. The van der Waals surface area contributed by atoms with Crippen LogP contribution in [0.25, 0.3) is 0 Å². The van der Waals surface area contributed by atoms with E-state index >= 15 is 0 Å². The van der Waals surface area contributed by atoms with Crippen molar-refractivity contribution in [2.24, 2.45) is 11.7 Å². The average Bonchev–Trinajstić information content (AvgIpc) is 2.39. The zero-order chi connectivity index (χ0) is 12.7. The molecule has 1 saturated carbocycles. The topological polar surface area (TPSA) is 53.0 Å². The second-order valence-electron chi connectivity index (χ2n) is 5.10. The summed E-state index contributed by atoms with van der Waals surface area (Å²) in [5.41, 5.74) is 5.91. The number of nitrogens with two attached hydrogens (primary N) is 1. The Balaban J connectivity index is 2.72. The molecule has 0 aromatic heterocycles. The first-order chi connectivity index (χ1) is 8.28. The summed E-state index contributed by atoms with van der Waals surface area (Å²) in [6.45, 7) is 6.23. The van der Waals surface area contributed by atoms with Crippen LogP contribution in [0.1, 0.15) is 52.4 Å². The van der Waals surface area contributed by atoms with E-state index in [1.807, 2.05) is 0 Å². The SMILES string of the molecule is CCC(CC#N)N(CC)C1CCCCC1CN. The third-order valence-electron chi connectivity index (χ3n) is 4.23. The molecule has 0 aliphatic heterocycles. The molecule has 0 heterocycles. The molecular weight excluding hydrogens is 210 g/mol. The van der Waals surface area contributed by atoms with Gasteiger partial charge in [0.15, 0.2) is 0 Å². The van der Waals surface area contributed by atoms with E-state index < -0.39 is 0 Å². The summed E-state index contributed by atoms with van der Waals surface area (Å²) in [5.74, 6) is 0.636. The largest absolute Gasteiger partial charge is 0.330 e. The van der Waals surface area contributed by atoms with Gasteiger partial charge in [0, 0.05) is 12.1 Å². The summed E-state index contributed by atoms with van der Waals surface area (Å²) in [7, 11) is 0. The molecule has 3 heteroatoms. The van der Waals surface area contributed by atoms with Gasteiger partial charge in [-0.1, -0.05) is 26.7 Å². The highest BCUT2D eigenvalue weighted by Gasteiger charge is 2.31. The van der Waals surface area contributed by atoms with Gasteiger partial charge in [-0.3, -0.25) is 4.90 Å². The molecule has 0 amide bonds. The van der Waals surface area contributed by atoms with Crippen LogP contribution in [0, 0.1) is 17.2 Å². The van der Waals surface area contributed by atoms with E-state index in [-0.39, 0.29) is 0 Å². The fourth-order valence-electron chi connectivity index (χ4n) is 3.26. The van der Waals surface area contributed by atoms with Crippen molar-refractivity contribution in [2.45, 2.75) is 64.5 Å². The van der Waals surface area contributed by atoms with Gasteiger partial charge in [0.1, 0.15) is 0 Å². The van der Waals surface area contributed by atoms with Crippen LogP contribution in [0.15, 0.2) is 0 Å². The second-order valence-corrected chi connectivity index (χ2v) is 5.10. The highest BCUT2D eigenvalue weighted by molar-refractivity contribution is 4.90. The second kappa shape index (κ2) is 7.68. The number of hydrogen-bond donors (Lipinski definition) is 1. The maximum Gasteiger partial charge on any atom is 0.0638 e. The Kier molecular flexibility index (Phi) is 6.54. The molecule has 0 radical (unpaired) electrons. The summed E-state index contributed by atoms with van der Waals surface area (Å²) in [4.78, 5) is 2.54. The van der Waals surface area contributed by atoms with Crippen molar-refractivity contribution in [3.05, 3.63) is 0 Å². The molecule has 2 N–H and O–H groups in total. The van der Waals surface area contributed by atoms with Crippen LogP contribution in [0.4, 0.5) is 0 Å². The average molecular weight is 237 g/mol. The molecule has 1 fully saturated rings. The van der Waals surface area contributed by atoms with Crippen LogP contribution in [0.5, 0.6) is 0 Å². The van der Waals surface area contributed by atoms with E-state index in [0.717, 1.165) is 19.5 Å². The minimum atomic E-state index is 0.419. The molecule has 3 unspecified atom stereocenters. The maximum atomic E-state index is 8.93. The first-order valence-electron chi connectivity index (χ1n) is 7.11. The molecule has 17 heavy (non-hydrogen) atoms. The molecule has 1 rings (SSSR count). The molecule has 0 bridgehead atoms. The summed E-state index contributed by atoms with van der Waals surface area (Å²) in [6, 6.07) is 3.36. The predicted octanol–water partition coefficient (Wildman–Crippen LogP) is 2.52. The van der Waals surface area contributed by atoms with E-state index in [9.17, 15) is 0 Å². The first kappa shape index (κ1) is 14.5. The van der Waals surface area contributed by atoms with E-state index in [2.05, 4.69) is 24.8 Å². The third kappa shape index (κ3) is 3.69. The fraction of sp³-hybridized carbons (Fsp3) is 0.929. The van der Waals surface area contributed by atoms with Gasteiger partial charge >= 0.3 is 0 Å². The molecule has 98 valence electrons. The lowest BCUT2D eigenvalue weighted by atomic mass is 9.82. The van der Waals surface area contributed by atoms with E-state index in [1.54, 1.807) is 0 Å². The molecular formula is C14H27N3. The van der Waals surface area contributed by atoms with Crippen molar-refractivity contribution >= 4 is 0 Å². The Hall–Kier alpha value is -0.590. The number of nitriles is 1. The first-order valence-corrected chi connectivity index (χ1v) is 7.11. The monoisotopic (exact) mass is 237 g/mol. The fourth-order valence-corrected chi connectivity index (χ4v) is 3.26.